The predicted molar refractivity (Wildman–Crippen MR) is 83.8 cm³/mol. The lowest BCUT2D eigenvalue weighted by Crippen LogP contribution is -2.51. The van der Waals surface area contributed by atoms with Crippen LogP contribution in [-0.2, 0) is 4.79 Å². The number of para-hydroxylation sites is 1. The number of likely N-dealkylation sites (tertiary alicyclic amines) is 1. The Morgan fingerprint density at radius 2 is 1.79 bits per heavy atom. The summed E-state index contributed by atoms with van der Waals surface area (Å²) in [6.07, 6.45) is -0.000112. The summed E-state index contributed by atoms with van der Waals surface area (Å²) >= 11 is 0. The molecular weight excluding hydrogens is 312 g/mol. The number of hydrogen-bond donors (Lipinski definition) is 2. The van der Waals surface area contributed by atoms with E-state index in [-0.39, 0.29) is 37.5 Å². The zero-order valence-electron chi connectivity index (χ0n) is 13.2. The van der Waals surface area contributed by atoms with Gasteiger partial charge in [-0.25, -0.2) is 9.48 Å². The minimum Gasteiger partial charge on any atom is -0.479 e. The van der Waals surface area contributed by atoms with Crippen LogP contribution in [0.25, 0.3) is 5.69 Å². The van der Waals surface area contributed by atoms with Crippen LogP contribution < -0.4 is 0 Å². The van der Waals surface area contributed by atoms with Crippen LogP contribution >= 0.6 is 0 Å². The van der Waals surface area contributed by atoms with E-state index in [0.29, 0.717) is 5.69 Å². The summed E-state index contributed by atoms with van der Waals surface area (Å²) < 4.78 is 1.59. The largest absolute Gasteiger partial charge is 0.479 e. The maximum atomic E-state index is 12.6. The molecule has 1 saturated heterocycles. The number of aromatic nitrogens is 3. The number of carboxylic acids is 1. The smallest absolute Gasteiger partial charge is 0.335 e. The summed E-state index contributed by atoms with van der Waals surface area (Å²) in [7, 11) is 0. The highest BCUT2D eigenvalue weighted by atomic mass is 16.4. The van der Waals surface area contributed by atoms with E-state index in [9.17, 15) is 14.7 Å². The van der Waals surface area contributed by atoms with Crippen molar-refractivity contribution < 1.29 is 19.8 Å². The molecule has 0 spiro atoms. The van der Waals surface area contributed by atoms with E-state index in [0.717, 1.165) is 5.69 Å². The maximum absolute atomic E-state index is 12.6. The average Bonchev–Trinajstić information content (AvgIpc) is 2.97. The lowest BCUT2D eigenvalue weighted by atomic mass is 9.91. The molecule has 0 bridgehead atoms. The van der Waals surface area contributed by atoms with Crippen molar-refractivity contribution >= 4 is 11.9 Å². The molecule has 2 N–H and O–H groups in total. The first kappa shape index (κ1) is 16.1. The topological polar surface area (TPSA) is 109 Å². The number of nitrogens with zero attached hydrogens (tertiary/aromatic N) is 4. The second-order valence-corrected chi connectivity index (χ2v) is 5.90. The van der Waals surface area contributed by atoms with Crippen molar-refractivity contribution in [3.8, 4) is 5.69 Å². The Kier molecular flexibility index (Phi) is 4.06. The van der Waals surface area contributed by atoms with Gasteiger partial charge < -0.3 is 15.1 Å². The van der Waals surface area contributed by atoms with E-state index in [1.807, 2.05) is 30.3 Å². The van der Waals surface area contributed by atoms with Crippen molar-refractivity contribution in [1.82, 2.24) is 19.9 Å². The third-order valence-electron chi connectivity index (χ3n) is 4.37. The van der Waals surface area contributed by atoms with Crippen molar-refractivity contribution in [3.05, 3.63) is 41.7 Å². The molecule has 0 radical (unpaired) electrons. The fourth-order valence-corrected chi connectivity index (χ4v) is 2.78. The van der Waals surface area contributed by atoms with Crippen LogP contribution in [0, 0.1) is 6.92 Å². The number of aliphatic hydroxyl groups is 1. The van der Waals surface area contributed by atoms with Crippen LogP contribution in [0.3, 0.4) is 0 Å². The minimum absolute atomic E-state index is 0.0000562. The van der Waals surface area contributed by atoms with Crippen LogP contribution in [-0.4, -0.2) is 60.7 Å². The molecule has 0 atom stereocenters. The average molecular weight is 330 g/mol. The number of piperidine rings is 1. The number of benzene rings is 1. The Morgan fingerprint density at radius 1 is 1.17 bits per heavy atom. The second-order valence-electron chi connectivity index (χ2n) is 5.90. The van der Waals surface area contributed by atoms with Crippen LogP contribution in [0.1, 0.15) is 29.0 Å². The Bertz CT molecular complexity index is 764. The van der Waals surface area contributed by atoms with Gasteiger partial charge in [-0.1, -0.05) is 23.4 Å². The molecule has 8 nitrogen and oxygen atoms in total. The summed E-state index contributed by atoms with van der Waals surface area (Å²) in [5.41, 5.74) is -0.0988. The molecule has 1 aliphatic heterocycles. The molecule has 2 heterocycles. The van der Waals surface area contributed by atoms with Gasteiger partial charge in [-0.15, -0.1) is 5.10 Å². The molecule has 1 fully saturated rings. The number of carboxylic acid groups (broad SMARTS) is 1. The SMILES string of the molecule is Cc1c(C(=O)N2CCC(O)(C(=O)O)CC2)nnn1-c1ccccc1. The highest BCUT2D eigenvalue weighted by Gasteiger charge is 2.41. The van der Waals surface area contributed by atoms with Gasteiger partial charge >= 0.3 is 5.97 Å². The van der Waals surface area contributed by atoms with Gasteiger partial charge in [0.1, 0.15) is 0 Å². The van der Waals surface area contributed by atoms with E-state index in [2.05, 4.69) is 10.3 Å². The van der Waals surface area contributed by atoms with Crippen LogP contribution in [0.5, 0.6) is 0 Å². The van der Waals surface area contributed by atoms with Crippen LogP contribution in [0.15, 0.2) is 30.3 Å². The van der Waals surface area contributed by atoms with E-state index in [1.54, 1.807) is 11.6 Å². The molecule has 1 amide bonds. The number of amides is 1. The molecule has 0 saturated carbocycles. The standard InChI is InChI=1S/C16H18N4O4/c1-11-13(17-18-20(11)12-5-3-2-4-6-12)14(21)19-9-7-16(24,8-10-19)15(22)23/h2-6,24H,7-10H2,1H3,(H,22,23). The summed E-state index contributed by atoms with van der Waals surface area (Å²) in [4.78, 5) is 25.2. The van der Waals surface area contributed by atoms with Crippen molar-refractivity contribution in [3.63, 3.8) is 0 Å². The third kappa shape index (κ3) is 2.76. The number of rotatable bonds is 3. The Hall–Kier alpha value is -2.74. The van der Waals surface area contributed by atoms with Crippen molar-refractivity contribution in [1.29, 1.82) is 0 Å². The fourth-order valence-electron chi connectivity index (χ4n) is 2.78. The molecule has 1 aromatic heterocycles. The highest BCUT2D eigenvalue weighted by Crippen LogP contribution is 2.24. The van der Waals surface area contributed by atoms with Gasteiger partial charge in [0.2, 0.25) is 0 Å². The molecule has 1 aromatic carbocycles. The van der Waals surface area contributed by atoms with Gasteiger partial charge in [0.25, 0.3) is 5.91 Å². The molecule has 24 heavy (non-hydrogen) atoms. The molecule has 1 aliphatic rings. The van der Waals surface area contributed by atoms with E-state index >= 15 is 0 Å². The van der Waals surface area contributed by atoms with Crippen LogP contribution in [0.2, 0.25) is 0 Å². The number of carbonyl (C=O) groups excluding carboxylic acids is 1. The molecule has 0 aliphatic carbocycles. The van der Waals surface area contributed by atoms with Crippen molar-refractivity contribution in [2.45, 2.75) is 25.4 Å². The zero-order valence-corrected chi connectivity index (χ0v) is 13.2. The van der Waals surface area contributed by atoms with Crippen molar-refractivity contribution in [2.75, 3.05) is 13.1 Å². The first-order valence-corrected chi connectivity index (χ1v) is 7.65. The molecule has 0 unspecified atom stereocenters. The Morgan fingerprint density at radius 3 is 2.38 bits per heavy atom. The first-order valence-electron chi connectivity index (χ1n) is 7.65. The van der Waals surface area contributed by atoms with Gasteiger partial charge in [0.15, 0.2) is 11.3 Å². The normalized spacial score (nSPS) is 16.8. The molecular formula is C16H18N4O4. The molecule has 3 rings (SSSR count). The second kappa shape index (κ2) is 6.04. The van der Waals surface area contributed by atoms with Crippen LogP contribution in [0.4, 0.5) is 0 Å². The first-order chi connectivity index (χ1) is 11.4. The highest BCUT2D eigenvalue weighted by molar-refractivity contribution is 5.93. The molecule has 126 valence electrons. The monoisotopic (exact) mass is 330 g/mol. The van der Waals surface area contributed by atoms with E-state index in [1.165, 1.54) is 4.90 Å². The fraction of sp³-hybridized carbons (Fsp3) is 0.375. The summed E-state index contributed by atoms with van der Waals surface area (Å²) in [6.45, 7) is 2.09. The summed E-state index contributed by atoms with van der Waals surface area (Å²) in [5, 5.41) is 27.0. The summed E-state index contributed by atoms with van der Waals surface area (Å²) in [6, 6.07) is 9.36. The third-order valence-corrected chi connectivity index (χ3v) is 4.37. The van der Waals surface area contributed by atoms with Gasteiger partial charge in [-0.3, -0.25) is 4.79 Å². The molecule has 8 heteroatoms. The van der Waals surface area contributed by atoms with Gasteiger partial charge in [0.05, 0.1) is 11.4 Å². The van der Waals surface area contributed by atoms with Gasteiger partial charge in [-0.2, -0.15) is 0 Å². The Balaban J connectivity index is 1.78. The molecule has 2 aromatic rings. The van der Waals surface area contributed by atoms with Gasteiger partial charge in [0, 0.05) is 25.9 Å². The maximum Gasteiger partial charge on any atom is 0.335 e. The Labute approximate surface area is 138 Å². The number of aliphatic carboxylic acids is 1. The number of hydrogen-bond acceptors (Lipinski definition) is 5. The van der Waals surface area contributed by atoms with E-state index < -0.39 is 11.6 Å². The van der Waals surface area contributed by atoms with E-state index in [4.69, 9.17) is 5.11 Å². The van der Waals surface area contributed by atoms with Gasteiger partial charge in [-0.05, 0) is 19.1 Å². The van der Waals surface area contributed by atoms with Crippen molar-refractivity contribution in [2.24, 2.45) is 0 Å². The quantitative estimate of drug-likeness (QED) is 0.854. The lowest BCUT2D eigenvalue weighted by Gasteiger charge is -2.35. The minimum atomic E-state index is -1.76. The zero-order chi connectivity index (χ0) is 17.3. The predicted octanol–water partition coefficient (Wildman–Crippen LogP) is 0.627. The number of carbonyl (C=O) groups is 2. The summed E-state index contributed by atoms with van der Waals surface area (Å²) in [5.74, 6) is -1.55. The lowest BCUT2D eigenvalue weighted by molar-refractivity contribution is -0.162.